The van der Waals surface area contributed by atoms with Crippen LogP contribution in [0.3, 0.4) is 0 Å². The summed E-state index contributed by atoms with van der Waals surface area (Å²) in [5.74, 6) is 2.17. The molecule has 1 heterocycles. The van der Waals surface area contributed by atoms with Gasteiger partial charge in [-0.15, -0.1) is 0 Å². The second-order valence-electron chi connectivity index (χ2n) is 4.25. The van der Waals surface area contributed by atoms with Gasteiger partial charge in [0.2, 0.25) is 0 Å². The van der Waals surface area contributed by atoms with Crippen molar-refractivity contribution in [2.75, 3.05) is 21.3 Å². The van der Waals surface area contributed by atoms with Crippen molar-refractivity contribution >= 4 is 27.3 Å². The molecule has 0 radical (unpaired) electrons. The lowest BCUT2D eigenvalue weighted by atomic mass is 10.0. The van der Waals surface area contributed by atoms with E-state index in [9.17, 15) is 0 Å². The zero-order chi connectivity index (χ0) is 14.5. The molecule has 1 aromatic carbocycles. The fraction of sp³-hybridized carbons (Fsp3) is 0.333. The van der Waals surface area contributed by atoms with Crippen LogP contribution in [0.15, 0.2) is 29.0 Å². The summed E-state index contributed by atoms with van der Waals surface area (Å²) in [6, 6.07) is 5.95. The number of halogens is 1. The maximum absolute atomic E-state index is 5.46. The molecule has 0 N–H and O–H groups in total. The first-order valence-corrected chi connectivity index (χ1v) is 8.00. The summed E-state index contributed by atoms with van der Waals surface area (Å²) in [5, 5.41) is 4.24. The van der Waals surface area contributed by atoms with Crippen molar-refractivity contribution in [2.24, 2.45) is 0 Å². The van der Waals surface area contributed by atoms with Crippen molar-refractivity contribution in [1.29, 1.82) is 0 Å². The number of thiophene rings is 1. The van der Waals surface area contributed by atoms with E-state index in [4.69, 9.17) is 14.2 Å². The molecule has 2 aromatic rings. The fourth-order valence-electron chi connectivity index (χ4n) is 2.02. The molecule has 2 rings (SSSR count). The normalized spacial score (nSPS) is 12.0. The van der Waals surface area contributed by atoms with Crippen LogP contribution in [0.1, 0.15) is 16.0 Å². The fourth-order valence-corrected chi connectivity index (χ4v) is 3.44. The minimum Gasteiger partial charge on any atom is -0.496 e. The number of rotatable bonds is 6. The van der Waals surface area contributed by atoms with Gasteiger partial charge in [-0.3, -0.25) is 0 Å². The number of ether oxygens (including phenoxy) is 3. The molecule has 0 fully saturated rings. The second kappa shape index (κ2) is 6.99. The lowest BCUT2D eigenvalue weighted by Crippen LogP contribution is -2.01. The molecule has 1 atom stereocenters. The Morgan fingerprint density at radius 3 is 2.25 bits per heavy atom. The summed E-state index contributed by atoms with van der Waals surface area (Å²) in [6.07, 6.45) is 0.898. The molecule has 0 aliphatic heterocycles. The van der Waals surface area contributed by atoms with E-state index in [1.807, 2.05) is 12.1 Å². The van der Waals surface area contributed by atoms with E-state index in [0.717, 1.165) is 17.7 Å². The third-order valence-corrected chi connectivity index (χ3v) is 4.62. The van der Waals surface area contributed by atoms with Gasteiger partial charge < -0.3 is 14.2 Å². The largest absolute Gasteiger partial charge is 0.496 e. The minimum absolute atomic E-state index is 0.159. The number of hydrogen-bond donors (Lipinski definition) is 0. The SMILES string of the molecule is COc1cc(OC)c(C(Br)Cc2ccsc2)cc1OC. The van der Waals surface area contributed by atoms with Crippen molar-refractivity contribution in [1.82, 2.24) is 0 Å². The topological polar surface area (TPSA) is 27.7 Å². The Morgan fingerprint density at radius 1 is 1.05 bits per heavy atom. The van der Waals surface area contributed by atoms with Gasteiger partial charge >= 0.3 is 0 Å². The molecule has 1 unspecified atom stereocenters. The summed E-state index contributed by atoms with van der Waals surface area (Å²) in [7, 11) is 4.92. The van der Waals surface area contributed by atoms with Crippen LogP contribution in [0.4, 0.5) is 0 Å². The predicted molar refractivity (Wildman–Crippen MR) is 85.8 cm³/mol. The number of methoxy groups -OCH3 is 3. The van der Waals surface area contributed by atoms with Crippen LogP contribution in [-0.4, -0.2) is 21.3 Å². The molecule has 0 amide bonds. The van der Waals surface area contributed by atoms with Crippen molar-refractivity contribution in [3.8, 4) is 17.2 Å². The Bertz CT molecular complexity index is 554. The van der Waals surface area contributed by atoms with E-state index in [0.29, 0.717) is 11.5 Å². The van der Waals surface area contributed by atoms with E-state index in [1.54, 1.807) is 32.7 Å². The van der Waals surface area contributed by atoms with Crippen LogP contribution in [0.2, 0.25) is 0 Å². The van der Waals surface area contributed by atoms with Crippen LogP contribution in [0.25, 0.3) is 0 Å². The lowest BCUT2D eigenvalue weighted by Gasteiger charge is -2.17. The van der Waals surface area contributed by atoms with Gasteiger partial charge in [0, 0.05) is 16.5 Å². The molecule has 0 saturated carbocycles. The third kappa shape index (κ3) is 3.27. The Hall–Kier alpha value is -1.20. The van der Waals surface area contributed by atoms with Gasteiger partial charge in [-0.05, 0) is 34.9 Å². The van der Waals surface area contributed by atoms with Gasteiger partial charge in [0.05, 0.1) is 21.3 Å². The van der Waals surface area contributed by atoms with Gasteiger partial charge in [0.25, 0.3) is 0 Å². The maximum atomic E-state index is 5.46. The smallest absolute Gasteiger partial charge is 0.164 e. The first kappa shape index (κ1) is 15.2. The van der Waals surface area contributed by atoms with Crippen LogP contribution in [-0.2, 0) is 6.42 Å². The van der Waals surface area contributed by atoms with E-state index >= 15 is 0 Å². The average Bonchev–Trinajstić information content (AvgIpc) is 2.98. The third-order valence-electron chi connectivity index (χ3n) is 3.07. The molecule has 0 spiro atoms. The highest BCUT2D eigenvalue weighted by atomic mass is 79.9. The number of benzene rings is 1. The summed E-state index contributed by atoms with van der Waals surface area (Å²) in [4.78, 5) is 0.159. The first-order valence-electron chi connectivity index (χ1n) is 6.14. The lowest BCUT2D eigenvalue weighted by molar-refractivity contribution is 0.347. The summed E-state index contributed by atoms with van der Waals surface area (Å²) >= 11 is 5.44. The zero-order valence-corrected chi connectivity index (χ0v) is 14.1. The van der Waals surface area contributed by atoms with Crippen LogP contribution < -0.4 is 14.2 Å². The maximum Gasteiger partial charge on any atom is 0.164 e. The molecular weight excluding hydrogens is 340 g/mol. The highest BCUT2D eigenvalue weighted by molar-refractivity contribution is 9.09. The Morgan fingerprint density at radius 2 is 1.70 bits per heavy atom. The quantitative estimate of drug-likeness (QED) is 0.715. The standard InChI is InChI=1S/C15H17BrO3S/c1-17-13-8-15(19-3)14(18-2)7-11(13)12(16)6-10-4-5-20-9-10/h4-5,7-9,12H,6H2,1-3H3. The summed E-state index contributed by atoms with van der Waals surface area (Å²) in [6.45, 7) is 0. The van der Waals surface area contributed by atoms with Crippen LogP contribution >= 0.6 is 27.3 Å². The molecule has 0 aliphatic carbocycles. The van der Waals surface area contributed by atoms with E-state index < -0.39 is 0 Å². The van der Waals surface area contributed by atoms with Gasteiger partial charge in [-0.25, -0.2) is 0 Å². The molecule has 1 aromatic heterocycles. The van der Waals surface area contributed by atoms with Crippen molar-refractivity contribution in [3.05, 3.63) is 40.1 Å². The molecule has 20 heavy (non-hydrogen) atoms. The van der Waals surface area contributed by atoms with Crippen molar-refractivity contribution in [3.63, 3.8) is 0 Å². The highest BCUT2D eigenvalue weighted by Crippen LogP contribution is 2.41. The first-order chi connectivity index (χ1) is 9.69. The second-order valence-corrected chi connectivity index (χ2v) is 6.14. The molecule has 0 saturated heterocycles. The average molecular weight is 357 g/mol. The molecular formula is C15H17BrO3S. The Kier molecular flexibility index (Phi) is 5.31. The molecule has 0 bridgehead atoms. The van der Waals surface area contributed by atoms with Crippen molar-refractivity contribution < 1.29 is 14.2 Å². The summed E-state index contributed by atoms with van der Waals surface area (Å²) in [5.41, 5.74) is 2.35. The van der Waals surface area contributed by atoms with Gasteiger partial charge in [0.15, 0.2) is 11.5 Å². The molecule has 3 nitrogen and oxygen atoms in total. The van der Waals surface area contributed by atoms with Gasteiger partial charge in [0.1, 0.15) is 5.75 Å². The molecule has 5 heteroatoms. The number of hydrogen-bond acceptors (Lipinski definition) is 4. The van der Waals surface area contributed by atoms with Crippen LogP contribution in [0.5, 0.6) is 17.2 Å². The minimum atomic E-state index is 0.159. The van der Waals surface area contributed by atoms with Crippen molar-refractivity contribution in [2.45, 2.75) is 11.2 Å². The molecule has 108 valence electrons. The Balaban J connectivity index is 2.33. The highest BCUT2D eigenvalue weighted by Gasteiger charge is 2.18. The number of alkyl halides is 1. The molecule has 0 aliphatic rings. The monoisotopic (exact) mass is 356 g/mol. The Labute approximate surface area is 131 Å². The van der Waals surface area contributed by atoms with Crippen LogP contribution in [0, 0.1) is 0 Å². The van der Waals surface area contributed by atoms with Gasteiger partial charge in [-0.2, -0.15) is 11.3 Å². The zero-order valence-electron chi connectivity index (χ0n) is 11.7. The van der Waals surface area contributed by atoms with E-state index in [-0.39, 0.29) is 4.83 Å². The van der Waals surface area contributed by atoms with E-state index in [1.165, 1.54) is 5.56 Å². The van der Waals surface area contributed by atoms with Gasteiger partial charge in [-0.1, -0.05) is 15.9 Å². The predicted octanol–water partition coefficient (Wildman–Crippen LogP) is 4.45. The van der Waals surface area contributed by atoms with E-state index in [2.05, 4.69) is 32.8 Å². The summed E-state index contributed by atoms with van der Waals surface area (Å²) < 4.78 is 16.1.